The van der Waals surface area contributed by atoms with Crippen molar-refractivity contribution in [3.05, 3.63) is 65.7 Å². The lowest BCUT2D eigenvalue weighted by atomic mass is 10.0. The number of esters is 1. The second-order valence-electron chi connectivity index (χ2n) is 6.14. The summed E-state index contributed by atoms with van der Waals surface area (Å²) in [5.74, 6) is -1.55. The van der Waals surface area contributed by atoms with Gasteiger partial charge in [-0.25, -0.2) is 18.3 Å². The maximum Gasteiger partial charge on any atom is 0.338 e. The van der Waals surface area contributed by atoms with Crippen molar-refractivity contribution in [1.29, 1.82) is 0 Å². The van der Waals surface area contributed by atoms with Crippen molar-refractivity contribution in [2.75, 3.05) is 13.7 Å². The quantitative estimate of drug-likeness (QED) is 0.554. The summed E-state index contributed by atoms with van der Waals surface area (Å²) in [6.07, 6.45) is 0.659. The zero-order chi connectivity index (χ0) is 20.1. The molecule has 0 aliphatic heterocycles. The van der Waals surface area contributed by atoms with Gasteiger partial charge in [-0.1, -0.05) is 13.0 Å². The number of aromatic nitrogens is 2. The van der Waals surface area contributed by atoms with Crippen LogP contribution >= 0.6 is 0 Å². The van der Waals surface area contributed by atoms with Crippen LogP contribution in [0.3, 0.4) is 0 Å². The fourth-order valence-corrected chi connectivity index (χ4v) is 2.83. The number of ether oxygens (including phenoxy) is 2. The van der Waals surface area contributed by atoms with Crippen LogP contribution in [0, 0.1) is 11.6 Å². The van der Waals surface area contributed by atoms with Crippen LogP contribution < -0.4 is 0 Å². The summed E-state index contributed by atoms with van der Waals surface area (Å²) >= 11 is 0. The number of methoxy groups -OCH3 is 1. The Balaban J connectivity index is 2.12. The third-order valence-corrected chi connectivity index (χ3v) is 4.10. The minimum absolute atomic E-state index is 0.0499. The highest BCUT2D eigenvalue weighted by molar-refractivity contribution is 5.97. The molecule has 0 saturated carbocycles. The predicted octanol–water partition coefficient (Wildman–Crippen LogP) is 4.67. The molecule has 0 aliphatic rings. The SMILES string of the molecule is CCCOC(=O)c1cccc(F)c1-c1cc(-c2ccc(F)cc2)nn1COC. The normalized spacial score (nSPS) is 10.9. The first kappa shape index (κ1) is 19.7. The van der Waals surface area contributed by atoms with Gasteiger partial charge in [0.05, 0.1) is 29.1 Å². The molecular weight excluding hydrogens is 366 g/mol. The highest BCUT2D eigenvalue weighted by Crippen LogP contribution is 2.31. The van der Waals surface area contributed by atoms with E-state index in [1.165, 1.54) is 42.1 Å². The van der Waals surface area contributed by atoms with Crippen LogP contribution in [0.15, 0.2) is 48.5 Å². The summed E-state index contributed by atoms with van der Waals surface area (Å²) in [5, 5.41) is 4.43. The number of halogens is 2. The molecule has 0 N–H and O–H groups in total. The van der Waals surface area contributed by atoms with Crippen LogP contribution in [-0.2, 0) is 16.2 Å². The van der Waals surface area contributed by atoms with E-state index in [0.717, 1.165) is 0 Å². The van der Waals surface area contributed by atoms with Crippen LogP contribution in [0.2, 0.25) is 0 Å². The molecule has 0 bridgehead atoms. The van der Waals surface area contributed by atoms with E-state index in [1.807, 2.05) is 6.92 Å². The Labute approximate surface area is 161 Å². The van der Waals surface area contributed by atoms with Gasteiger partial charge in [-0.3, -0.25) is 0 Å². The summed E-state index contributed by atoms with van der Waals surface area (Å²) in [6.45, 7) is 2.17. The first-order valence-corrected chi connectivity index (χ1v) is 8.84. The van der Waals surface area contributed by atoms with Crippen molar-refractivity contribution >= 4 is 5.97 Å². The predicted molar refractivity (Wildman–Crippen MR) is 101 cm³/mol. The lowest BCUT2D eigenvalue weighted by Crippen LogP contribution is -2.11. The van der Waals surface area contributed by atoms with Crippen LogP contribution in [0.5, 0.6) is 0 Å². The standard InChI is InChI=1S/C21H20F2N2O3/c1-3-11-28-21(26)16-5-4-6-17(23)20(16)19-12-18(24-25(19)13-27-2)14-7-9-15(22)10-8-14/h4-10,12H,3,11,13H2,1-2H3. The summed E-state index contributed by atoms with van der Waals surface area (Å²) in [6, 6.07) is 11.7. The Bertz CT molecular complexity index is 968. The van der Waals surface area contributed by atoms with E-state index in [1.54, 1.807) is 18.2 Å². The van der Waals surface area contributed by atoms with Crippen molar-refractivity contribution < 1.29 is 23.0 Å². The van der Waals surface area contributed by atoms with Gasteiger partial charge in [-0.15, -0.1) is 0 Å². The van der Waals surface area contributed by atoms with E-state index < -0.39 is 11.8 Å². The first-order chi connectivity index (χ1) is 13.5. The highest BCUT2D eigenvalue weighted by atomic mass is 19.1. The van der Waals surface area contributed by atoms with Gasteiger partial charge >= 0.3 is 5.97 Å². The van der Waals surface area contributed by atoms with E-state index in [4.69, 9.17) is 9.47 Å². The fourth-order valence-electron chi connectivity index (χ4n) is 2.83. The molecule has 1 heterocycles. The molecule has 0 amide bonds. The highest BCUT2D eigenvalue weighted by Gasteiger charge is 2.22. The summed E-state index contributed by atoms with van der Waals surface area (Å²) in [5.41, 5.74) is 1.72. The average molecular weight is 386 g/mol. The Hall–Kier alpha value is -3.06. The molecule has 0 aliphatic carbocycles. The number of hydrogen-bond donors (Lipinski definition) is 0. The topological polar surface area (TPSA) is 53.3 Å². The van der Waals surface area contributed by atoms with Crippen molar-refractivity contribution in [2.45, 2.75) is 20.1 Å². The summed E-state index contributed by atoms with van der Waals surface area (Å²) in [4.78, 5) is 12.4. The molecule has 0 radical (unpaired) electrons. The number of hydrogen-bond acceptors (Lipinski definition) is 4. The second-order valence-corrected chi connectivity index (χ2v) is 6.14. The fraction of sp³-hybridized carbons (Fsp3) is 0.238. The molecule has 146 valence electrons. The molecular formula is C21H20F2N2O3. The number of carbonyl (C=O) groups is 1. The van der Waals surface area contributed by atoms with Crippen molar-refractivity contribution in [3.8, 4) is 22.5 Å². The minimum atomic E-state index is -0.607. The smallest absolute Gasteiger partial charge is 0.338 e. The number of rotatable bonds is 7. The van der Waals surface area contributed by atoms with Crippen LogP contribution in [0.25, 0.3) is 22.5 Å². The molecule has 0 unspecified atom stereocenters. The van der Waals surface area contributed by atoms with Crippen LogP contribution in [0.4, 0.5) is 8.78 Å². The molecule has 1 aromatic heterocycles. The molecule has 0 spiro atoms. The number of carbonyl (C=O) groups excluding carboxylic acids is 1. The Kier molecular flexibility index (Phi) is 6.16. The molecule has 7 heteroatoms. The number of benzene rings is 2. The summed E-state index contributed by atoms with van der Waals surface area (Å²) < 4.78 is 39.8. The number of nitrogens with zero attached hydrogens (tertiary/aromatic N) is 2. The monoisotopic (exact) mass is 386 g/mol. The van der Waals surface area contributed by atoms with E-state index in [2.05, 4.69) is 5.10 Å². The van der Waals surface area contributed by atoms with Gasteiger partial charge in [0.25, 0.3) is 0 Å². The van der Waals surface area contributed by atoms with E-state index in [9.17, 15) is 13.6 Å². The lowest BCUT2D eigenvalue weighted by molar-refractivity contribution is 0.0505. The zero-order valence-electron chi connectivity index (χ0n) is 15.6. The third kappa shape index (κ3) is 4.09. The van der Waals surface area contributed by atoms with E-state index in [0.29, 0.717) is 23.4 Å². The van der Waals surface area contributed by atoms with Gasteiger partial charge in [-0.2, -0.15) is 5.10 Å². The molecule has 0 saturated heterocycles. The maximum atomic E-state index is 14.8. The minimum Gasteiger partial charge on any atom is -0.462 e. The van der Waals surface area contributed by atoms with Crippen LogP contribution in [-0.4, -0.2) is 29.5 Å². The summed E-state index contributed by atoms with van der Waals surface area (Å²) in [7, 11) is 1.49. The third-order valence-electron chi connectivity index (χ3n) is 4.10. The molecule has 3 rings (SSSR count). The Morgan fingerprint density at radius 3 is 2.57 bits per heavy atom. The van der Waals surface area contributed by atoms with E-state index >= 15 is 0 Å². The molecule has 5 nitrogen and oxygen atoms in total. The largest absolute Gasteiger partial charge is 0.462 e. The van der Waals surface area contributed by atoms with Gasteiger partial charge in [0.15, 0.2) is 0 Å². The van der Waals surface area contributed by atoms with E-state index in [-0.39, 0.29) is 30.3 Å². The molecule has 28 heavy (non-hydrogen) atoms. The van der Waals surface area contributed by atoms with Gasteiger partial charge in [0.2, 0.25) is 0 Å². The van der Waals surface area contributed by atoms with Gasteiger partial charge in [0, 0.05) is 12.7 Å². The average Bonchev–Trinajstić information content (AvgIpc) is 3.10. The van der Waals surface area contributed by atoms with Gasteiger partial charge in [-0.05, 0) is 48.9 Å². The van der Waals surface area contributed by atoms with Crippen molar-refractivity contribution in [2.24, 2.45) is 0 Å². The zero-order valence-corrected chi connectivity index (χ0v) is 15.6. The Morgan fingerprint density at radius 1 is 1.14 bits per heavy atom. The molecule has 2 aromatic carbocycles. The van der Waals surface area contributed by atoms with Crippen molar-refractivity contribution in [3.63, 3.8) is 0 Å². The van der Waals surface area contributed by atoms with Gasteiger partial charge < -0.3 is 9.47 Å². The first-order valence-electron chi connectivity index (χ1n) is 8.84. The van der Waals surface area contributed by atoms with Gasteiger partial charge in [0.1, 0.15) is 18.4 Å². The van der Waals surface area contributed by atoms with Crippen molar-refractivity contribution in [1.82, 2.24) is 9.78 Å². The molecule has 3 aromatic rings. The van der Waals surface area contributed by atoms with Crippen LogP contribution in [0.1, 0.15) is 23.7 Å². The lowest BCUT2D eigenvalue weighted by Gasteiger charge is -2.12. The Morgan fingerprint density at radius 2 is 1.89 bits per heavy atom. The maximum absolute atomic E-state index is 14.8. The molecule has 0 atom stereocenters. The second kappa shape index (κ2) is 8.75. The molecule has 0 fully saturated rings.